The molecular formula is C13H15Cl2NO2. The Bertz CT molecular complexity index is 439. The van der Waals surface area contributed by atoms with Crippen molar-refractivity contribution in [2.24, 2.45) is 0 Å². The Morgan fingerprint density at radius 3 is 2.89 bits per heavy atom. The van der Waals surface area contributed by atoms with E-state index < -0.39 is 0 Å². The van der Waals surface area contributed by atoms with Crippen molar-refractivity contribution in [3.05, 3.63) is 34.9 Å². The smallest absolute Gasteiger partial charge is 0.237 e. The Kier molecular flexibility index (Phi) is 4.49. The van der Waals surface area contributed by atoms with Gasteiger partial charge in [0.1, 0.15) is 12.0 Å². The van der Waals surface area contributed by atoms with Gasteiger partial charge in [-0.25, -0.2) is 0 Å². The SMILES string of the molecule is C[C@@H]1CO[C@@H](c2ccccc2Cl)CN1C(=O)CCl. The molecule has 2 atom stereocenters. The molecule has 1 aromatic rings. The minimum atomic E-state index is -0.179. The van der Waals surface area contributed by atoms with Crippen molar-refractivity contribution in [1.29, 1.82) is 0 Å². The van der Waals surface area contributed by atoms with Crippen LogP contribution >= 0.6 is 23.2 Å². The van der Waals surface area contributed by atoms with Crippen LogP contribution in [0, 0.1) is 0 Å². The van der Waals surface area contributed by atoms with Crippen LogP contribution in [0.25, 0.3) is 0 Å². The van der Waals surface area contributed by atoms with Crippen LogP contribution in [0.1, 0.15) is 18.6 Å². The molecule has 0 unspecified atom stereocenters. The van der Waals surface area contributed by atoms with Gasteiger partial charge < -0.3 is 9.64 Å². The molecule has 0 aliphatic carbocycles. The topological polar surface area (TPSA) is 29.5 Å². The molecular weight excluding hydrogens is 273 g/mol. The molecule has 18 heavy (non-hydrogen) atoms. The zero-order chi connectivity index (χ0) is 13.1. The highest BCUT2D eigenvalue weighted by molar-refractivity contribution is 6.31. The third-order valence-corrected chi connectivity index (χ3v) is 3.69. The molecule has 0 N–H and O–H groups in total. The van der Waals surface area contributed by atoms with Crippen molar-refractivity contribution < 1.29 is 9.53 Å². The maximum Gasteiger partial charge on any atom is 0.237 e. The standard InChI is InChI=1S/C13H15Cl2NO2/c1-9-8-18-12(7-16(9)13(17)6-14)10-4-2-3-5-11(10)15/h2-5,9,12H,6-8H2,1H3/t9-,12-/m1/s1. The van der Waals surface area contributed by atoms with E-state index in [1.54, 1.807) is 4.90 Å². The quantitative estimate of drug-likeness (QED) is 0.783. The number of benzene rings is 1. The van der Waals surface area contributed by atoms with Gasteiger partial charge in [-0.1, -0.05) is 29.8 Å². The average Bonchev–Trinajstić information content (AvgIpc) is 2.39. The van der Waals surface area contributed by atoms with Gasteiger partial charge in [-0.15, -0.1) is 11.6 Å². The van der Waals surface area contributed by atoms with Gasteiger partial charge in [0.15, 0.2) is 0 Å². The summed E-state index contributed by atoms with van der Waals surface area (Å²) in [6.45, 7) is 2.95. The monoisotopic (exact) mass is 287 g/mol. The van der Waals surface area contributed by atoms with Crippen molar-refractivity contribution in [3.8, 4) is 0 Å². The van der Waals surface area contributed by atoms with Crippen molar-refractivity contribution in [2.75, 3.05) is 19.0 Å². The molecule has 0 bridgehead atoms. The predicted molar refractivity (Wildman–Crippen MR) is 72.0 cm³/mol. The lowest BCUT2D eigenvalue weighted by Gasteiger charge is -2.38. The highest BCUT2D eigenvalue weighted by Crippen LogP contribution is 2.29. The Balaban J connectivity index is 2.17. The van der Waals surface area contributed by atoms with Crippen LogP contribution in [-0.4, -0.2) is 35.9 Å². The lowest BCUT2D eigenvalue weighted by atomic mass is 10.1. The largest absolute Gasteiger partial charge is 0.369 e. The number of carbonyl (C=O) groups is 1. The molecule has 1 fully saturated rings. The highest BCUT2D eigenvalue weighted by Gasteiger charge is 2.30. The van der Waals surface area contributed by atoms with Gasteiger partial charge in [0.05, 0.1) is 19.2 Å². The Labute approximate surface area is 117 Å². The number of halogens is 2. The molecule has 98 valence electrons. The van der Waals surface area contributed by atoms with Crippen molar-refractivity contribution in [2.45, 2.75) is 19.1 Å². The van der Waals surface area contributed by atoms with Crippen LogP contribution in [0.15, 0.2) is 24.3 Å². The first kappa shape index (κ1) is 13.7. The molecule has 0 spiro atoms. The molecule has 1 saturated heterocycles. The molecule has 1 aliphatic heterocycles. The van der Waals surface area contributed by atoms with E-state index >= 15 is 0 Å². The van der Waals surface area contributed by atoms with Gasteiger partial charge >= 0.3 is 0 Å². The van der Waals surface area contributed by atoms with Crippen LogP contribution in [0.4, 0.5) is 0 Å². The van der Waals surface area contributed by atoms with Crippen molar-refractivity contribution in [3.63, 3.8) is 0 Å². The van der Waals surface area contributed by atoms with Crippen LogP contribution in [-0.2, 0) is 9.53 Å². The van der Waals surface area contributed by atoms with E-state index in [0.29, 0.717) is 18.2 Å². The number of rotatable bonds is 2. The molecule has 1 aliphatic rings. The summed E-state index contributed by atoms with van der Waals surface area (Å²) in [6.07, 6.45) is -0.179. The fourth-order valence-electron chi connectivity index (χ4n) is 2.11. The van der Waals surface area contributed by atoms with Crippen LogP contribution in [0.2, 0.25) is 5.02 Å². The Hall–Kier alpha value is -0.770. The second-order valence-electron chi connectivity index (χ2n) is 4.37. The molecule has 1 aromatic carbocycles. The maximum atomic E-state index is 11.7. The molecule has 3 nitrogen and oxygen atoms in total. The summed E-state index contributed by atoms with van der Waals surface area (Å²) in [5.41, 5.74) is 0.915. The van der Waals surface area contributed by atoms with E-state index in [1.807, 2.05) is 31.2 Å². The minimum absolute atomic E-state index is 0.000415. The first-order valence-electron chi connectivity index (χ1n) is 5.85. The van der Waals surface area contributed by atoms with Crippen LogP contribution < -0.4 is 0 Å². The lowest BCUT2D eigenvalue weighted by Crippen LogP contribution is -2.48. The summed E-state index contributed by atoms with van der Waals surface area (Å²) < 4.78 is 5.76. The molecule has 2 rings (SSSR count). The number of amides is 1. The Morgan fingerprint density at radius 1 is 1.50 bits per heavy atom. The molecule has 0 saturated carbocycles. The van der Waals surface area contributed by atoms with E-state index in [1.165, 1.54) is 0 Å². The lowest BCUT2D eigenvalue weighted by molar-refractivity contribution is -0.141. The summed E-state index contributed by atoms with van der Waals surface area (Å²) in [6, 6.07) is 7.59. The molecule has 0 aromatic heterocycles. The number of hydrogen-bond acceptors (Lipinski definition) is 2. The fraction of sp³-hybridized carbons (Fsp3) is 0.462. The number of nitrogens with zero attached hydrogens (tertiary/aromatic N) is 1. The highest BCUT2D eigenvalue weighted by atomic mass is 35.5. The summed E-state index contributed by atoms with van der Waals surface area (Å²) in [7, 11) is 0. The van der Waals surface area contributed by atoms with E-state index in [0.717, 1.165) is 5.56 Å². The minimum Gasteiger partial charge on any atom is -0.369 e. The number of morpholine rings is 1. The normalized spacial score (nSPS) is 24.1. The molecule has 1 amide bonds. The van der Waals surface area contributed by atoms with E-state index in [2.05, 4.69) is 0 Å². The van der Waals surface area contributed by atoms with E-state index in [-0.39, 0.29) is 23.9 Å². The fourth-order valence-corrected chi connectivity index (χ4v) is 2.52. The van der Waals surface area contributed by atoms with Crippen LogP contribution in [0.5, 0.6) is 0 Å². The zero-order valence-electron chi connectivity index (χ0n) is 10.1. The number of ether oxygens (including phenoxy) is 1. The van der Waals surface area contributed by atoms with Crippen LogP contribution in [0.3, 0.4) is 0 Å². The number of alkyl halides is 1. The molecule has 0 radical (unpaired) electrons. The second-order valence-corrected chi connectivity index (χ2v) is 5.05. The van der Waals surface area contributed by atoms with E-state index in [4.69, 9.17) is 27.9 Å². The molecule has 5 heteroatoms. The number of carbonyl (C=O) groups excluding carboxylic acids is 1. The van der Waals surface area contributed by atoms with Gasteiger partial charge in [-0.05, 0) is 13.0 Å². The third kappa shape index (κ3) is 2.79. The predicted octanol–water partition coefficient (Wildman–Crippen LogP) is 2.87. The molecule has 1 heterocycles. The third-order valence-electron chi connectivity index (χ3n) is 3.12. The average molecular weight is 288 g/mol. The van der Waals surface area contributed by atoms with Gasteiger partial charge in [-0.3, -0.25) is 4.79 Å². The summed E-state index contributed by atoms with van der Waals surface area (Å²) in [4.78, 5) is 13.5. The number of hydrogen-bond donors (Lipinski definition) is 0. The van der Waals surface area contributed by atoms with E-state index in [9.17, 15) is 4.79 Å². The summed E-state index contributed by atoms with van der Waals surface area (Å²) in [5, 5.41) is 0.662. The van der Waals surface area contributed by atoms with Gasteiger partial charge in [0.2, 0.25) is 5.91 Å². The first-order valence-corrected chi connectivity index (χ1v) is 6.76. The first-order chi connectivity index (χ1) is 8.63. The summed E-state index contributed by atoms with van der Waals surface area (Å²) >= 11 is 11.8. The second kappa shape index (κ2) is 5.91. The van der Waals surface area contributed by atoms with Gasteiger partial charge in [0.25, 0.3) is 0 Å². The zero-order valence-corrected chi connectivity index (χ0v) is 11.6. The van der Waals surface area contributed by atoms with Gasteiger partial charge in [0, 0.05) is 10.6 Å². The van der Waals surface area contributed by atoms with Crippen molar-refractivity contribution in [1.82, 2.24) is 4.90 Å². The Morgan fingerprint density at radius 2 is 2.22 bits per heavy atom. The summed E-state index contributed by atoms with van der Waals surface area (Å²) in [5.74, 6) is -0.0657. The maximum absolute atomic E-state index is 11.7. The van der Waals surface area contributed by atoms with Gasteiger partial charge in [-0.2, -0.15) is 0 Å². The van der Waals surface area contributed by atoms with Crippen molar-refractivity contribution >= 4 is 29.1 Å².